The Morgan fingerprint density at radius 3 is 2.89 bits per heavy atom. The minimum absolute atomic E-state index is 0.572. The van der Waals surface area contributed by atoms with Gasteiger partial charge in [-0.2, -0.15) is 0 Å². The van der Waals surface area contributed by atoms with E-state index in [4.69, 9.17) is 11.6 Å². The third-order valence-corrected chi connectivity index (χ3v) is 4.49. The highest BCUT2D eigenvalue weighted by atomic mass is 79.9. The molecule has 5 heteroatoms. The number of rotatable bonds is 3. The van der Waals surface area contributed by atoms with E-state index < -0.39 is 0 Å². The highest BCUT2D eigenvalue weighted by molar-refractivity contribution is 9.10. The van der Waals surface area contributed by atoms with Crippen molar-refractivity contribution >= 4 is 39.2 Å². The van der Waals surface area contributed by atoms with Crippen molar-refractivity contribution in [3.8, 4) is 0 Å². The van der Waals surface area contributed by atoms with Crippen LogP contribution in [0.5, 0.6) is 0 Å². The van der Waals surface area contributed by atoms with Gasteiger partial charge in [0.2, 0.25) is 5.95 Å². The Hall–Kier alpha value is -1.00. The standard InChI is InChI=1S/C14H15BrClN3/c15-12-6-5-10(16)9-13(12)18-14-17-7-8-19(14)11-3-1-2-4-11/h5-9,11H,1-4H2,(H,17,18). The van der Waals surface area contributed by atoms with E-state index in [9.17, 15) is 0 Å². The Balaban J connectivity index is 1.87. The molecule has 0 spiro atoms. The van der Waals surface area contributed by atoms with Crippen LogP contribution in [0, 0.1) is 0 Å². The highest BCUT2D eigenvalue weighted by Gasteiger charge is 2.19. The first-order valence-corrected chi connectivity index (χ1v) is 7.66. The SMILES string of the molecule is Clc1ccc(Br)c(Nc2nccn2C2CCCC2)c1. The van der Waals surface area contributed by atoms with Crippen molar-refractivity contribution in [2.75, 3.05) is 5.32 Å². The quantitative estimate of drug-likeness (QED) is 0.836. The molecule has 1 aromatic heterocycles. The van der Waals surface area contributed by atoms with E-state index in [0.29, 0.717) is 11.1 Å². The molecule has 0 atom stereocenters. The van der Waals surface area contributed by atoms with Crippen LogP contribution in [-0.2, 0) is 0 Å². The first kappa shape index (κ1) is 13.0. The summed E-state index contributed by atoms with van der Waals surface area (Å²) in [4.78, 5) is 4.41. The van der Waals surface area contributed by atoms with Crippen LogP contribution >= 0.6 is 27.5 Å². The normalized spacial score (nSPS) is 15.9. The molecule has 1 N–H and O–H groups in total. The van der Waals surface area contributed by atoms with Gasteiger partial charge in [0, 0.05) is 27.9 Å². The zero-order chi connectivity index (χ0) is 13.2. The zero-order valence-corrected chi connectivity index (χ0v) is 12.8. The smallest absolute Gasteiger partial charge is 0.207 e. The van der Waals surface area contributed by atoms with E-state index in [-0.39, 0.29) is 0 Å². The minimum Gasteiger partial charge on any atom is -0.325 e. The summed E-state index contributed by atoms with van der Waals surface area (Å²) in [6, 6.07) is 6.27. The lowest BCUT2D eigenvalue weighted by atomic mass is 10.2. The first-order chi connectivity index (χ1) is 9.24. The topological polar surface area (TPSA) is 29.9 Å². The molecule has 3 nitrogen and oxygen atoms in total. The Kier molecular flexibility index (Phi) is 3.80. The van der Waals surface area contributed by atoms with Crippen LogP contribution in [-0.4, -0.2) is 9.55 Å². The number of hydrogen-bond acceptors (Lipinski definition) is 2. The maximum atomic E-state index is 6.04. The van der Waals surface area contributed by atoms with Crippen LogP contribution in [0.2, 0.25) is 5.02 Å². The molecule has 19 heavy (non-hydrogen) atoms. The molecule has 0 amide bonds. The lowest BCUT2D eigenvalue weighted by molar-refractivity contribution is 0.525. The van der Waals surface area contributed by atoms with E-state index >= 15 is 0 Å². The predicted octanol–water partition coefficient (Wildman–Crippen LogP) is 5.16. The molecule has 1 fully saturated rings. The summed E-state index contributed by atoms with van der Waals surface area (Å²) in [6.45, 7) is 0. The van der Waals surface area contributed by atoms with Gasteiger partial charge >= 0.3 is 0 Å². The average molecular weight is 341 g/mol. The summed E-state index contributed by atoms with van der Waals surface area (Å²) >= 11 is 9.56. The van der Waals surface area contributed by atoms with Gasteiger partial charge < -0.3 is 9.88 Å². The largest absolute Gasteiger partial charge is 0.325 e. The molecule has 1 saturated carbocycles. The summed E-state index contributed by atoms with van der Waals surface area (Å²) < 4.78 is 3.22. The van der Waals surface area contributed by atoms with Crippen molar-refractivity contribution in [2.24, 2.45) is 0 Å². The molecule has 1 aromatic carbocycles. The molecule has 0 radical (unpaired) electrons. The Labute approximate surface area is 126 Å². The van der Waals surface area contributed by atoms with E-state index in [2.05, 4.69) is 37.0 Å². The van der Waals surface area contributed by atoms with Gasteiger partial charge in [-0.15, -0.1) is 0 Å². The molecule has 2 aromatic rings. The molecule has 3 rings (SSSR count). The van der Waals surface area contributed by atoms with Gasteiger partial charge in [0.1, 0.15) is 0 Å². The lowest BCUT2D eigenvalue weighted by Gasteiger charge is -2.16. The molecule has 1 aliphatic rings. The number of anilines is 2. The van der Waals surface area contributed by atoms with Gasteiger partial charge in [-0.3, -0.25) is 0 Å². The van der Waals surface area contributed by atoms with Crippen molar-refractivity contribution < 1.29 is 0 Å². The third kappa shape index (κ3) is 2.79. The predicted molar refractivity (Wildman–Crippen MR) is 82.2 cm³/mol. The Morgan fingerprint density at radius 2 is 2.11 bits per heavy atom. The zero-order valence-electron chi connectivity index (χ0n) is 10.4. The summed E-state index contributed by atoms with van der Waals surface area (Å²) in [5.74, 6) is 0.884. The Morgan fingerprint density at radius 1 is 1.32 bits per heavy atom. The minimum atomic E-state index is 0.572. The van der Waals surface area contributed by atoms with Crippen LogP contribution < -0.4 is 5.32 Å². The monoisotopic (exact) mass is 339 g/mol. The summed E-state index contributed by atoms with van der Waals surface area (Å²) in [5.41, 5.74) is 0.943. The van der Waals surface area contributed by atoms with E-state index in [1.165, 1.54) is 25.7 Å². The van der Waals surface area contributed by atoms with Crippen LogP contribution in [0.3, 0.4) is 0 Å². The van der Waals surface area contributed by atoms with Crippen LogP contribution in [0.4, 0.5) is 11.6 Å². The van der Waals surface area contributed by atoms with E-state index in [0.717, 1.165) is 16.1 Å². The average Bonchev–Trinajstić information content (AvgIpc) is 3.03. The molecular formula is C14H15BrClN3. The Bertz CT molecular complexity index is 576. The number of benzene rings is 1. The molecule has 0 bridgehead atoms. The second-order valence-electron chi connectivity index (χ2n) is 4.85. The fourth-order valence-electron chi connectivity index (χ4n) is 2.60. The molecule has 0 unspecified atom stereocenters. The maximum absolute atomic E-state index is 6.04. The number of nitrogens with one attached hydrogen (secondary N) is 1. The number of hydrogen-bond donors (Lipinski definition) is 1. The van der Waals surface area contributed by atoms with Crippen molar-refractivity contribution in [2.45, 2.75) is 31.7 Å². The van der Waals surface area contributed by atoms with Gasteiger partial charge in [0.05, 0.1) is 5.69 Å². The number of aromatic nitrogens is 2. The van der Waals surface area contributed by atoms with Gasteiger partial charge in [0.15, 0.2) is 0 Å². The summed E-state index contributed by atoms with van der Waals surface area (Å²) in [6.07, 6.45) is 8.99. The fourth-order valence-corrected chi connectivity index (χ4v) is 3.12. The van der Waals surface area contributed by atoms with Crippen molar-refractivity contribution in [3.63, 3.8) is 0 Å². The molecule has 100 valence electrons. The number of nitrogens with zero attached hydrogens (tertiary/aromatic N) is 2. The van der Waals surface area contributed by atoms with Crippen LogP contribution in [0.1, 0.15) is 31.7 Å². The van der Waals surface area contributed by atoms with Crippen LogP contribution in [0.25, 0.3) is 0 Å². The molecule has 1 heterocycles. The highest BCUT2D eigenvalue weighted by Crippen LogP contribution is 2.33. The fraction of sp³-hybridized carbons (Fsp3) is 0.357. The molecule has 0 saturated heterocycles. The third-order valence-electron chi connectivity index (χ3n) is 3.56. The number of imidazole rings is 1. The first-order valence-electron chi connectivity index (χ1n) is 6.49. The van der Waals surface area contributed by atoms with Crippen molar-refractivity contribution in [1.82, 2.24) is 9.55 Å². The molecule has 0 aliphatic heterocycles. The van der Waals surface area contributed by atoms with Crippen molar-refractivity contribution in [1.29, 1.82) is 0 Å². The van der Waals surface area contributed by atoms with Gasteiger partial charge in [0.25, 0.3) is 0 Å². The summed E-state index contributed by atoms with van der Waals surface area (Å²) in [5, 5.41) is 4.07. The van der Waals surface area contributed by atoms with E-state index in [1.54, 1.807) is 0 Å². The van der Waals surface area contributed by atoms with Gasteiger partial charge in [-0.05, 0) is 47.0 Å². The second-order valence-corrected chi connectivity index (χ2v) is 6.14. The molecular weight excluding hydrogens is 326 g/mol. The van der Waals surface area contributed by atoms with Crippen LogP contribution in [0.15, 0.2) is 35.1 Å². The number of halogens is 2. The van der Waals surface area contributed by atoms with Gasteiger partial charge in [-0.25, -0.2) is 4.98 Å². The molecule has 1 aliphatic carbocycles. The van der Waals surface area contributed by atoms with E-state index in [1.807, 2.05) is 24.4 Å². The maximum Gasteiger partial charge on any atom is 0.207 e. The van der Waals surface area contributed by atoms with Crippen molar-refractivity contribution in [3.05, 3.63) is 40.1 Å². The van der Waals surface area contributed by atoms with Gasteiger partial charge in [-0.1, -0.05) is 24.4 Å². The lowest BCUT2D eigenvalue weighted by Crippen LogP contribution is -2.08. The summed E-state index contributed by atoms with van der Waals surface area (Å²) in [7, 11) is 0. The second kappa shape index (κ2) is 5.55.